The molecule has 0 aliphatic heterocycles. The summed E-state index contributed by atoms with van der Waals surface area (Å²) in [5, 5.41) is 19.1. The van der Waals surface area contributed by atoms with E-state index in [0.717, 1.165) is 0 Å². The van der Waals surface area contributed by atoms with E-state index in [4.69, 9.17) is 15.9 Å². The molecule has 0 rings (SSSR count). The second kappa shape index (κ2) is 9.60. The van der Waals surface area contributed by atoms with Crippen LogP contribution in [-0.2, 0) is 9.59 Å². The molecule has 0 spiro atoms. The summed E-state index contributed by atoms with van der Waals surface area (Å²) in [6.45, 7) is 6.09. The lowest BCUT2D eigenvalue weighted by Gasteiger charge is -2.16. The lowest BCUT2D eigenvalue weighted by Crippen LogP contribution is -2.44. The van der Waals surface area contributed by atoms with Crippen LogP contribution in [-0.4, -0.2) is 45.2 Å². The highest BCUT2D eigenvalue weighted by atomic mass is 127. The maximum atomic E-state index is 10.2. The highest BCUT2D eigenvalue weighted by Crippen LogP contribution is 1.98. The molecular formula is C10H23IN2O4. The molecule has 5 N–H and O–H groups in total. The van der Waals surface area contributed by atoms with Gasteiger partial charge in [0.25, 0.3) is 0 Å². The first kappa shape index (κ1) is 21.8. The number of aliphatic carboxylic acids is 2. The number of alkyl halides is 1. The highest BCUT2D eigenvalue weighted by Gasteiger charge is 2.23. The lowest BCUT2D eigenvalue weighted by atomic mass is 10.1. The zero-order valence-electron chi connectivity index (χ0n) is 11.2. The molecule has 6 nitrogen and oxygen atoms in total. The first-order valence-corrected chi connectivity index (χ1v) is 6.93. The molecule has 0 heterocycles. The summed E-state index contributed by atoms with van der Waals surface area (Å²) < 4.78 is 0. The van der Waals surface area contributed by atoms with Crippen molar-refractivity contribution in [2.24, 2.45) is 5.73 Å². The summed E-state index contributed by atoms with van der Waals surface area (Å²) in [5.41, 5.74) is 3.20. The third-order valence-corrected chi connectivity index (χ3v) is 1.71. The third kappa shape index (κ3) is 13.5. The standard InChI is InChI=1S/C5H11NO2.C4H9NO2.CH3I/c1-5(2,6-3)4(7)8;1-4(2,5)3(6)7;1-2/h6H,1-3H3,(H,7,8);5H2,1-2H3,(H,6,7);1H3. The number of nitrogens with two attached hydrogens (primary N) is 1. The van der Waals surface area contributed by atoms with Crippen LogP contribution in [0.3, 0.4) is 0 Å². The molecule has 104 valence electrons. The minimum absolute atomic E-state index is 0.792. The van der Waals surface area contributed by atoms with E-state index in [0.29, 0.717) is 0 Å². The second-order valence-corrected chi connectivity index (χ2v) is 4.21. The van der Waals surface area contributed by atoms with Crippen LogP contribution in [0.2, 0.25) is 0 Å². The molecule has 0 atom stereocenters. The zero-order valence-corrected chi connectivity index (χ0v) is 13.3. The van der Waals surface area contributed by atoms with Crippen molar-refractivity contribution < 1.29 is 19.8 Å². The Labute approximate surface area is 116 Å². The molecule has 0 amide bonds. The van der Waals surface area contributed by atoms with Crippen molar-refractivity contribution in [3.8, 4) is 0 Å². The third-order valence-electron chi connectivity index (χ3n) is 1.71. The number of nitrogens with one attached hydrogen (secondary N) is 1. The number of likely N-dealkylation sites (N-methyl/N-ethyl adjacent to an activating group) is 1. The van der Waals surface area contributed by atoms with Gasteiger partial charge in [0.05, 0.1) is 0 Å². The average Bonchev–Trinajstić information content (AvgIpc) is 2.20. The topological polar surface area (TPSA) is 113 Å². The molecule has 0 saturated carbocycles. The SMILES string of the molecule is CC(C)(N)C(=O)O.CI.CNC(C)(C)C(=O)O. The van der Waals surface area contributed by atoms with Gasteiger partial charge in [-0.25, -0.2) is 0 Å². The fourth-order valence-electron chi connectivity index (χ4n) is 0.107. The Morgan fingerprint density at radius 1 is 1.06 bits per heavy atom. The van der Waals surface area contributed by atoms with Gasteiger partial charge < -0.3 is 21.3 Å². The highest BCUT2D eigenvalue weighted by molar-refractivity contribution is 14.1. The van der Waals surface area contributed by atoms with Gasteiger partial charge in [0, 0.05) is 0 Å². The van der Waals surface area contributed by atoms with Crippen molar-refractivity contribution in [1.29, 1.82) is 0 Å². The number of carbonyl (C=O) groups is 2. The molecule has 0 aliphatic carbocycles. The van der Waals surface area contributed by atoms with Gasteiger partial charge >= 0.3 is 11.9 Å². The van der Waals surface area contributed by atoms with Gasteiger partial charge in [-0.1, -0.05) is 22.6 Å². The number of halogens is 1. The number of rotatable bonds is 3. The molecular weight excluding hydrogens is 339 g/mol. The van der Waals surface area contributed by atoms with E-state index in [2.05, 4.69) is 27.9 Å². The predicted octanol–water partition coefficient (Wildman–Crippen LogP) is 0.929. The van der Waals surface area contributed by atoms with Crippen LogP contribution in [0, 0.1) is 0 Å². The predicted molar refractivity (Wildman–Crippen MR) is 76.6 cm³/mol. The van der Waals surface area contributed by atoms with E-state index in [1.807, 2.05) is 4.93 Å². The van der Waals surface area contributed by atoms with Crippen LogP contribution >= 0.6 is 22.6 Å². The number of hydrogen-bond acceptors (Lipinski definition) is 4. The quantitative estimate of drug-likeness (QED) is 0.439. The fraction of sp³-hybridized carbons (Fsp3) is 0.800. The van der Waals surface area contributed by atoms with Gasteiger partial charge in [-0.15, -0.1) is 0 Å². The Hall–Kier alpha value is -0.410. The van der Waals surface area contributed by atoms with Gasteiger partial charge in [0.2, 0.25) is 0 Å². The van der Waals surface area contributed by atoms with Crippen LogP contribution in [0.15, 0.2) is 0 Å². The molecule has 7 heteroatoms. The maximum absolute atomic E-state index is 10.2. The number of carboxylic acids is 2. The lowest BCUT2D eigenvalue weighted by molar-refractivity contribution is -0.143. The fourth-order valence-corrected chi connectivity index (χ4v) is 0.107. The maximum Gasteiger partial charge on any atom is 0.323 e. The first-order valence-electron chi connectivity index (χ1n) is 4.77. The molecule has 0 aromatic rings. The minimum atomic E-state index is -1.08. The average molecular weight is 362 g/mol. The Morgan fingerprint density at radius 3 is 1.29 bits per heavy atom. The van der Waals surface area contributed by atoms with Crippen LogP contribution in [0.5, 0.6) is 0 Å². The molecule has 0 aromatic heterocycles. The van der Waals surface area contributed by atoms with Crippen molar-refractivity contribution in [1.82, 2.24) is 5.32 Å². The minimum Gasteiger partial charge on any atom is -0.480 e. The Morgan fingerprint density at radius 2 is 1.29 bits per heavy atom. The van der Waals surface area contributed by atoms with Crippen molar-refractivity contribution in [3.63, 3.8) is 0 Å². The molecule has 0 bridgehead atoms. The summed E-state index contributed by atoms with van der Waals surface area (Å²) in [6, 6.07) is 0. The van der Waals surface area contributed by atoms with E-state index in [-0.39, 0.29) is 0 Å². The summed E-state index contributed by atoms with van der Waals surface area (Å²) in [6.07, 6.45) is 0. The smallest absolute Gasteiger partial charge is 0.323 e. The van der Waals surface area contributed by atoms with E-state index < -0.39 is 23.0 Å². The van der Waals surface area contributed by atoms with Crippen LogP contribution < -0.4 is 11.1 Å². The second-order valence-electron chi connectivity index (χ2n) is 4.21. The van der Waals surface area contributed by atoms with E-state index in [1.165, 1.54) is 13.8 Å². The van der Waals surface area contributed by atoms with Crippen molar-refractivity contribution in [3.05, 3.63) is 0 Å². The van der Waals surface area contributed by atoms with Gasteiger partial charge in [-0.3, -0.25) is 9.59 Å². The van der Waals surface area contributed by atoms with Crippen LogP contribution in [0.25, 0.3) is 0 Å². The summed E-state index contributed by atoms with van der Waals surface area (Å²) in [7, 11) is 1.62. The van der Waals surface area contributed by atoms with E-state index in [1.54, 1.807) is 20.9 Å². The van der Waals surface area contributed by atoms with Gasteiger partial charge in [-0.05, 0) is 39.7 Å². The van der Waals surface area contributed by atoms with Gasteiger partial charge in [0.1, 0.15) is 11.1 Å². The molecule has 0 radical (unpaired) electrons. The van der Waals surface area contributed by atoms with E-state index >= 15 is 0 Å². The normalized spacial score (nSPS) is 10.4. The van der Waals surface area contributed by atoms with Gasteiger partial charge in [0.15, 0.2) is 0 Å². The van der Waals surface area contributed by atoms with Crippen molar-refractivity contribution in [2.75, 3.05) is 12.0 Å². The Balaban J connectivity index is -0.000000202. The largest absolute Gasteiger partial charge is 0.480 e. The van der Waals surface area contributed by atoms with E-state index in [9.17, 15) is 9.59 Å². The summed E-state index contributed by atoms with van der Waals surface area (Å²) in [5.74, 6) is -1.81. The zero-order chi connectivity index (χ0) is 14.9. The van der Waals surface area contributed by atoms with Crippen LogP contribution in [0.1, 0.15) is 27.7 Å². The summed E-state index contributed by atoms with van der Waals surface area (Å²) in [4.78, 5) is 22.1. The Kier molecular flexibility index (Phi) is 12.3. The number of carboxylic acid groups (broad SMARTS) is 2. The monoisotopic (exact) mass is 362 g/mol. The molecule has 0 aromatic carbocycles. The van der Waals surface area contributed by atoms with Crippen LogP contribution in [0.4, 0.5) is 0 Å². The molecule has 0 fully saturated rings. The molecule has 0 aliphatic rings. The molecule has 17 heavy (non-hydrogen) atoms. The Bertz CT molecular complexity index is 237. The van der Waals surface area contributed by atoms with Gasteiger partial charge in [-0.2, -0.15) is 0 Å². The first-order chi connectivity index (χ1) is 7.45. The summed E-state index contributed by atoms with van der Waals surface area (Å²) >= 11 is 2.15. The van der Waals surface area contributed by atoms with Crippen molar-refractivity contribution in [2.45, 2.75) is 38.8 Å². The number of hydrogen-bond donors (Lipinski definition) is 4. The molecule has 0 unspecified atom stereocenters. The van der Waals surface area contributed by atoms with Crippen molar-refractivity contribution >= 4 is 34.5 Å². The molecule has 0 saturated heterocycles.